The van der Waals surface area contributed by atoms with Crippen LogP contribution in [0.4, 0.5) is 13.2 Å². The molecule has 0 amide bonds. The minimum Gasteiger partial charge on any atom is -0.324 e. The second-order valence-corrected chi connectivity index (χ2v) is 3.16. The largest absolute Gasteiger partial charge is 0.433 e. The van der Waals surface area contributed by atoms with Crippen molar-refractivity contribution in [1.82, 2.24) is 4.98 Å². The van der Waals surface area contributed by atoms with Gasteiger partial charge in [0.2, 0.25) is 0 Å². The Labute approximate surface area is 79.9 Å². The van der Waals surface area contributed by atoms with Gasteiger partial charge in [-0.3, -0.25) is 0 Å². The number of nitrogens with two attached hydrogens (primary N) is 1. The molecule has 1 aromatic rings. The van der Waals surface area contributed by atoms with Crippen LogP contribution in [-0.2, 0) is 6.18 Å². The van der Waals surface area contributed by atoms with E-state index in [2.05, 4.69) is 4.98 Å². The predicted molar refractivity (Wildman–Crippen MR) is 46.6 cm³/mol. The maximum Gasteiger partial charge on any atom is 0.433 e. The SMILES string of the molecule is Cc1nc(C(F)(F)F)ccc1[C@@H](C)N. The second-order valence-electron chi connectivity index (χ2n) is 3.16. The summed E-state index contributed by atoms with van der Waals surface area (Å²) >= 11 is 0. The third kappa shape index (κ3) is 2.23. The van der Waals surface area contributed by atoms with Crippen LogP contribution < -0.4 is 5.73 Å². The molecule has 0 saturated carbocycles. The molecular weight excluding hydrogens is 193 g/mol. The molecule has 0 aliphatic heterocycles. The lowest BCUT2D eigenvalue weighted by atomic mass is 10.1. The fraction of sp³-hybridized carbons (Fsp3) is 0.444. The number of alkyl halides is 3. The van der Waals surface area contributed by atoms with Crippen LogP contribution >= 0.6 is 0 Å². The summed E-state index contributed by atoms with van der Waals surface area (Å²) < 4.78 is 36.6. The van der Waals surface area contributed by atoms with Gasteiger partial charge in [0.05, 0.1) is 0 Å². The van der Waals surface area contributed by atoms with Gasteiger partial charge in [0, 0.05) is 11.7 Å². The number of halogens is 3. The second kappa shape index (κ2) is 3.57. The molecule has 0 unspecified atom stereocenters. The Balaban J connectivity index is 3.13. The summed E-state index contributed by atoms with van der Waals surface area (Å²) in [5.74, 6) is 0. The Morgan fingerprint density at radius 2 is 1.93 bits per heavy atom. The van der Waals surface area contributed by atoms with E-state index >= 15 is 0 Å². The molecule has 1 atom stereocenters. The van der Waals surface area contributed by atoms with Crippen LogP contribution in [0.2, 0.25) is 0 Å². The van der Waals surface area contributed by atoms with E-state index in [0.29, 0.717) is 11.3 Å². The first-order valence-electron chi connectivity index (χ1n) is 4.12. The normalized spacial score (nSPS) is 14.1. The molecule has 0 fully saturated rings. The van der Waals surface area contributed by atoms with Gasteiger partial charge >= 0.3 is 6.18 Å². The number of rotatable bonds is 1. The highest BCUT2D eigenvalue weighted by atomic mass is 19.4. The average molecular weight is 204 g/mol. The first kappa shape index (κ1) is 11.0. The summed E-state index contributed by atoms with van der Waals surface area (Å²) in [6.07, 6.45) is -4.39. The van der Waals surface area contributed by atoms with E-state index in [9.17, 15) is 13.2 Å². The van der Waals surface area contributed by atoms with Gasteiger partial charge in [-0.05, 0) is 25.5 Å². The highest BCUT2D eigenvalue weighted by Crippen LogP contribution is 2.28. The van der Waals surface area contributed by atoms with E-state index in [-0.39, 0.29) is 6.04 Å². The summed E-state index contributed by atoms with van der Waals surface area (Å²) in [5, 5.41) is 0. The Morgan fingerprint density at radius 1 is 1.36 bits per heavy atom. The van der Waals surface area contributed by atoms with Gasteiger partial charge in [0.25, 0.3) is 0 Å². The van der Waals surface area contributed by atoms with Crippen molar-refractivity contribution >= 4 is 0 Å². The van der Waals surface area contributed by atoms with Crippen molar-refractivity contribution in [1.29, 1.82) is 0 Å². The fourth-order valence-electron chi connectivity index (χ4n) is 1.21. The van der Waals surface area contributed by atoms with Crippen LogP contribution in [-0.4, -0.2) is 4.98 Å². The summed E-state index contributed by atoms with van der Waals surface area (Å²) in [6, 6.07) is 2.02. The van der Waals surface area contributed by atoms with E-state index in [0.717, 1.165) is 6.07 Å². The molecule has 0 saturated heterocycles. The first-order valence-corrected chi connectivity index (χ1v) is 4.12. The monoisotopic (exact) mass is 204 g/mol. The topological polar surface area (TPSA) is 38.9 Å². The molecule has 2 nitrogen and oxygen atoms in total. The molecule has 0 aliphatic carbocycles. The number of aromatic nitrogens is 1. The number of aryl methyl sites for hydroxylation is 1. The molecule has 1 heterocycles. The standard InChI is InChI=1S/C9H11F3N2/c1-5(13)7-3-4-8(9(10,11)12)14-6(7)2/h3-5H,13H2,1-2H3/t5-/m1/s1. The molecule has 0 spiro atoms. The predicted octanol–water partition coefficient (Wildman–Crippen LogP) is 2.43. The summed E-state index contributed by atoms with van der Waals surface area (Å²) in [4.78, 5) is 3.46. The maximum atomic E-state index is 12.2. The highest BCUT2D eigenvalue weighted by molar-refractivity contribution is 5.25. The molecule has 0 aromatic carbocycles. The van der Waals surface area contributed by atoms with Crippen LogP contribution in [0.25, 0.3) is 0 Å². The van der Waals surface area contributed by atoms with Crippen molar-refractivity contribution in [3.05, 3.63) is 29.1 Å². The lowest BCUT2D eigenvalue weighted by Gasteiger charge is -2.11. The molecule has 1 rings (SSSR count). The fourth-order valence-corrected chi connectivity index (χ4v) is 1.21. The smallest absolute Gasteiger partial charge is 0.324 e. The van der Waals surface area contributed by atoms with Crippen LogP contribution in [0.15, 0.2) is 12.1 Å². The first-order chi connectivity index (χ1) is 6.32. The zero-order valence-electron chi connectivity index (χ0n) is 7.89. The van der Waals surface area contributed by atoms with Gasteiger partial charge in [0.15, 0.2) is 0 Å². The zero-order chi connectivity index (χ0) is 10.9. The molecule has 1 aromatic heterocycles. The number of nitrogens with zero attached hydrogens (tertiary/aromatic N) is 1. The summed E-state index contributed by atoms with van der Waals surface area (Å²) in [6.45, 7) is 3.23. The van der Waals surface area contributed by atoms with Gasteiger partial charge in [-0.25, -0.2) is 4.98 Å². The van der Waals surface area contributed by atoms with Crippen molar-refractivity contribution < 1.29 is 13.2 Å². The number of hydrogen-bond acceptors (Lipinski definition) is 2. The summed E-state index contributed by atoms with van der Waals surface area (Å²) in [5.41, 5.74) is 5.64. The Morgan fingerprint density at radius 3 is 2.29 bits per heavy atom. The van der Waals surface area contributed by atoms with Crippen LogP contribution in [0.1, 0.15) is 29.9 Å². The molecule has 5 heteroatoms. The van der Waals surface area contributed by atoms with Gasteiger partial charge in [-0.1, -0.05) is 6.07 Å². The molecule has 14 heavy (non-hydrogen) atoms. The number of pyridine rings is 1. The van der Waals surface area contributed by atoms with Crippen molar-refractivity contribution in [2.45, 2.75) is 26.1 Å². The van der Waals surface area contributed by atoms with Crippen molar-refractivity contribution in [2.24, 2.45) is 5.73 Å². The molecule has 0 aliphatic rings. The van der Waals surface area contributed by atoms with Gasteiger partial charge < -0.3 is 5.73 Å². The van der Waals surface area contributed by atoms with E-state index in [1.54, 1.807) is 6.92 Å². The molecule has 2 N–H and O–H groups in total. The Bertz CT molecular complexity index is 331. The van der Waals surface area contributed by atoms with Crippen LogP contribution in [0.3, 0.4) is 0 Å². The molecule has 0 bridgehead atoms. The lowest BCUT2D eigenvalue weighted by molar-refractivity contribution is -0.141. The quantitative estimate of drug-likeness (QED) is 0.763. The third-order valence-electron chi connectivity index (χ3n) is 1.91. The van der Waals surface area contributed by atoms with Gasteiger partial charge in [-0.2, -0.15) is 13.2 Å². The Hall–Kier alpha value is -1.10. The van der Waals surface area contributed by atoms with E-state index in [1.807, 2.05) is 0 Å². The minimum absolute atomic E-state index is 0.301. The van der Waals surface area contributed by atoms with Crippen molar-refractivity contribution in [2.75, 3.05) is 0 Å². The molecular formula is C9H11F3N2. The maximum absolute atomic E-state index is 12.2. The third-order valence-corrected chi connectivity index (χ3v) is 1.91. The summed E-state index contributed by atoms with van der Waals surface area (Å²) in [7, 11) is 0. The van der Waals surface area contributed by atoms with Crippen LogP contribution in [0, 0.1) is 6.92 Å². The number of hydrogen-bond donors (Lipinski definition) is 1. The minimum atomic E-state index is -4.39. The van der Waals surface area contributed by atoms with Crippen molar-refractivity contribution in [3.8, 4) is 0 Å². The van der Waals surface area contributed by atoms with Gasteiger partial charge in [0.1, 0.15) is 5.69 Å². The lowest BCUT2D eigenvalue weighted by Crippen LogP contribution is -2.13. The molecule has 78 valence electrons. The van der Waals surface area contributed by atoms with E-state index in [1.165, 1.54) is 13.0 Å². The van der Waals surface area contributed by atoms with Gasteiger partial charge in [-0.15, -0.1) is 0 Å². The zero-order valence-corrected chi connectivity index (χ0v) is 7.89. The Kier molecular flexibility index (Phi) is 2.80. The van der Waals surface area contributed by atoms with E-state index < -0.39 is 11.9 Å². The average Bonchev–Trinajstić information content (AvgIpc) is 2.01. The van der Waals surface area contributed by atoms with Crippen molar-refractivity contribution in [3.63, 3.8) is 0 Å². The highest BCUT2D eigenvalue weighted by Gasteiger charge is 2.32. The van der Waals surface area contributed by atoms with Crippen LogP contribution in [0.5, 0.6) is 0 Å². The molecule has 0 radical (unpaired) electrons. The van der Waals surface area contributed by atoms with E-state index in [4.69, 9.17) is 5.73 Å².